The van der Waals surface area contributed by atoms with Gasteiger partial charge in [-0.1, -0.05) is 30.0 Å². The third-order valence-corrected chi connectivity index (χ3v) is 6.79. The van der Waals surface area contributed by atoms with E-state index in [1.54, 1.807) is 48.5 Å². The van der Waals surface area contributed by atoms with E-state index in [9.17, 15) is 13.2 Å². The number of nitrogens with one attached hydrogen (secondary N) is 2. The molecule has 11 heteroatoms. The standard InChI is InChI=1S/C23H18N4O5S2/c1-31-20-8-3-2-7-18(20)27-34(29,30)17-9-10-21-19(12-17)26-23(32-21)33-14-22(28)25-16-6-4-5-15(11-16)13-24/h2-12,27H,14H2,1H3,(H,25,28). The Morgan fingerprint density at radius 1 is 1.15 bits per heavy atom. The molecule has 0 saturated carbocycles. The van der Waals surface area contributed by atoms with Gasteiger partial charge in [0.25, 0.3) is 15.2 Å². The molecule has 1 amide bonds. The summed E-state index contributed by atoms with van der Waals surface area (Å²) in [6.07, 6.45) is 0. The van der Waals surface area contributed by atoms with Gasteiger partial charge < -0.3 is 14.5 Å². The van der Waals surface area contributed by atoms with Crippen LogP contribution in [0.15, 0.2) is 81.3 Å². The van der Waals surface area contributed by atoms with Crippen LogP contribution < -0.4 is 14.8 Å². The number of aromatic nitrogens is 1. The average molecular weight is 495 g/mol. The van der Waals surface area contributed by atoms with Crippen LogP contribution in [0.1, 0.15) is 5.56 Å². The lowest BCUT2D eigenvalue weighted by molar-refractivity contribution is -0.113. The average Bonchev–Trinajstić information content (AvgIpc) is 3.25. The summed E-state index contributed by atoms with van der Waals surface area (Å²) in [6, 6.07) is 19.6. The van der Waals surface area contributed by atoms with E-state index in [-0.39, 0.29) is 21.8 Å². The van der Waals surface area contributed by atoms with Crippen molar-refractivity contribution in [1.29, 1.82) is 5.26 Å². The van der Waals surface area contributed by atoms with Gasteiger partial charge in [0.05, 0.1) is 35.1 Å². The van der Waals surface area contributed by atoms with Crippen LogP contribution in [0.2, 0.25) is 0 Å². The summed E-state index contributed by atoms with van der Waals surface area (Å²) < 4.78 is 39.0. The van der Waals surface area contributed by atoms with Gasteiger partial charge in [-0.2, -0.15) is 5.26 Å². The van der Waals surface area contributed by atoms with Crippen LogP contribution in [0, 0.1) is 11.3 Å². The van der Waals surface area contributed by atoms with Crippen molar-refractivity contribution in [2.24, 2.45) is 0 Å². The molecule has 0 aliphatic rings. The Hall–Kier alpha value is -4.01. The summed E-state index contributed by atoms with van der Waals surface area (Å²) in [5.41, 5.74) is 2.00. The molecule has 0 aliphatic carbocycles. The molecule has 0 spiro atoms. The largest absolute Gasteiger partial charge is 0.495 e. The highest BCUT2D eigenvalue weighted by Gasteiger charge is 2.19. The second kappa shape index (κ2) is 9.86. The third-order valence-electron chi connectivity index (χ3n) is 4.60. The molecule has 0 bridgehead atoms. The molecule has 1 heterocycles. The maximum absolute atomic E-state index is 12.9. The molecule has 0 unspecified atom stereocenters. The number of benzene rings is 3. The monoisotopic (exact) mass is 494 g/mol. The minimum absolute atomic E-state index is 0.00544. The zero-order valence-electron chi connectivity index (χ0n) is 17.8. The van der Waals surface area contributed by atoms with E-state index in [2.05, 4.69) is 15.0 Å². The van der Waals surface area contributed by atoms with Crippen molar-refractivity contribution in [3.05, 3.63) is 72.3 Å². The Kier molecular flexibility index (Phi) is 6.72. The number of fused-ring (bicyclic) bond motifs is 1. The number of nitrogens with zero attached hydrogens (tertiary/aromatic N) is 2. The highest BCUT2D eigenvalue weighted by atomic mass is 32.2. The molecule has 2 N–H and O–H groups in total. The summed E-state index contributed by atoms with van der Waals surface area (Å²) in [5.74, 6) is 0.112. The molecule has 4 aromatic rings. The van der Waals surface area contributed by atoms with Crippen molar-refractivity contribution in [1.82, 2.24) is 4.98 Å². The van der Waals surface area contributed by atoms with Gasteiger partial charge >= 0.3 is 0 Å². The van der Waals surface area contributed by atoms with Crippen molar-refractivity contribution in [3.8, 4) is 11.8 Å². The fourth-order valence-electron chi connectivity index (χ4n) is 3.04. The van der Waals surface area contributed by atoms with Gasteiger partial charge in [0.15, 0.2) is 5.58 Å². The van der Waals surface area contributed by atoms with Gasteiger partial charge in [-0.15, -0.1) is 0 Å². The van der Waals surface area contributed by atoms with E-state index in [1.165, 1.54) is 25.3 Å². The number of carbonyl (C=O) groups is 1. The number of oxazole rings is 1. The van der Waals surface area contributed by atoms with E-state index in [4.69, 9.17) is 14.4 Å². The smallest absolute Gasteiger partial charge is 0.262 e. The summed E-state index contributed by atoms with van der Waals surface area (Å²) in [7, 11) is -2.44. The molecule has 0 fully saturated rings. The summed E-state index contributed by atoms with van der Waals surface area (Å²) in [4.78, 5) is 16.5. The fraction of sp³-hybridized carbons (Fsp3) is 0.0870. The number of ether oxygens (including phenoxy) is 1. The zero-order chi connectivity index (χ0) is 24.1. The maximum Gasteiger partial charge on any atom is 0.262 e. The lowest BCUT2D eigenvalue weighted by Crippen LogP contribution is -2.14. The zero-order valence-corrected chi connectivity index (χ0v) is 19.4. The molecule has 9 nitrogen and oxygen atoms in total. The summed E-state index contributed by atoms with van der Waals surface area (Å²) in [6.45, 7) is 0. The molecular formula is C23H18N4O5S2. The number of rotatable bonds is 8. The van der Waals surface area contributed by atoms with Crippen molar-refractivity contribution in [2.75, 3.05) is 22.9 Å². The van der Waals surface area contributed by atoms with Crippen LogP contribution in [-0.4, -0.2) is 32.2 Å². The number of hydrogen-bond donors (Lipinski definition) is 2. The Labute approximate surface area is 199 Å². The van der Waals surface area contributed by atoms with E-state index in [1.807, 2.05) is 6.07 Å². The highest BCUT2D eigenvalue weighted by molar-refractivity contribution is 7.99. The first kappa shape index (κ1) is 23.2. The molecule has 3 aromatic carbocycles. The van der Waals surface area contributed by atoms with E-state index < -0.39 is 10.0 Å². The lowest BCUT2D eigenvalue weighted by atomic mass is 10.2. The number of para-hydroxylation sites is 2. The molecule has 4 rings (SSSR count). The van der Waals surface area contributed by atoms with Gasteiger partial charge in [0.2, 0.25) is 5.91 Å². The van der Waals surface area contributed by atoms with Gasteiger partial charge in [0.1, 0.15) is 11.3 Å². The molecule has 0 saturated heterocycles. The number of carbonyl (C=O) groups excluding carboxylic acids is 1. The summed E-state index contributed by atoms with van der Waals surface area (Å²) >= 11 is 1.07. The number of amides is 1. The topological polar surface area (TPSA) is 134 Å². The minimum atomic E-state index is -3.90. The second-order valence-corrected chi connectivity index (χ2v) is 9.55. The second-order valence-electron chi connectivity index (χ2n) is 6.94. The number of anilines is 2. The molecule has 1 aromatic heterocycles. The molecular weight excluding hydrogens is 476 g/mol. The van der Waals surface area contributed by atoms with Crippen LogP contribution in [-0.2, 0) is 14.8 Å². The normalized spacial score (nSPS) is 11.1. The van der Waals surface area contributed by atoms with Crippen molar-refractivity contribution in [3.63, 3.8) is 0 Å². The molecule has 0 atom stereocenters. The van der Waals surface area contributed by atoms with Crippen molar-refractivity contribution in [2.45, 2.75) is 10.1 Å². The predicted molar refractivity (Wildman–Crippen MR) is 128 cm³/mol. The van der Waals surface area contributed by atoms with E-state index in [0.29, 0.717) is 33.8 Å². The number of hydrogen-bond acceptors (Lipinski definition) is 8. The first-order valence-corrected chi connectivity index (χ1v) is 12.3. The Balaban J connectivity index is 1.45. The fourth-order valence-corrected chi connectivity index (χ4v) is 4.77. The number of sulfonamides is 1. The van der Waals surface area contributed by atoms with Crippen LogP contribution in [0.25, 0.3) is 11.1 Å². The van der Waals surface area contributed by atoms with E-state index >= 15 is 0 Å². The maximum atomic E-state index is 12.9. The van der Waals surface area contributed by atoms with Crippen molar-refractivity contribution < 1.29 is 22.4 Å². The van der Waals surface area contributed by atoms with Gasteiger partial charge in [0, 0.05) is 5.69 Å². The Bertz CT molecular complexity index is 1510. The van der Waals surface area contributed by atoms with Gasteiger partial charge in [-0.25, -0.2) is 13.4 Å². The Morgan fingerprint density at radius 3 is 2.76 bits per heavy atom. The number of thioether (sulfide) groups is 1. The number of methoxy groups -OCH3 is 1. The predicted octanol–water partition coefficient (Wildman–Crippen LogP) is 4.24. The quantitative estimate of drug-likeness (QED) is 0.347. The lowest BCUT2D eigenvalue weighted by Gasteiger charge is -2.11. The first-order valence-electron chi connectivity index (χ1n) is 9.87. The van der Waals surface area contributed by atoms with Gasteiger partial charge in [-0.3, -0.25) is 9.52 Å². The Morgan fingerprint density at radius 2 is 1.97 bits per heavy atom. The van der Waals surface area contributed by atoms with E-state index in [0.717, 1.165) is 11.8 Å². The summed E-state index contributed by atoms with van der Waals surface area (Å²) in [5, 5.41) is 11.9. The van der Waals surface area contributed by atoms with Crippen LogP contribution in [0.5, 0.6) is 5.75 Å². The SMILES string of the molecule is COc1ccccc1NS(=O)(=O)c1ccc2oc(SCC(=O)Nc3cccc(C#N)c3)nc2c1. The van der Waals surface area contributed by atoms with Crippen LogP contribution in [0.3, 0.4) is 0 Å². The van der Waals surface area contributed by atoms with Crippen molar-refractivity contribution >= 4 is 50.2 Å². The molecule has 34 heavy (non-hydrogen) atoms. The highest BCUT2D eigenvalue weighted by Crippen LogP contribution is 2.29. The van der Waals surface area contributed by atoms with Gasteiger partial charge in [-0.05, 0) is 48.5 Å². The molecule has 0 aliphatic heterocycles. The van der Waals surface area contributed by atoms with Crippen LogP contribution >= 0.6 is 11.8 Å². The molecule has 172 valence electrons. The number of nitriles is 1. The minimum Gasteiger partial charge on any atom is -0.495 e. The molecule has 0 radical (unpaired) electrons. The first-order chi connectivity index (χ1) is 16.4. The van der Waals surface area contributed by atoms with Crippen LogP contribution in [0.4, 0.5) is 11.4 Å². The third kappa shape index (κ3) is 5.31.